The lowest BCUT2D eigenvalue weighted by Crippen LogP contribution is -2.16. The van der Waals surface area contributed by atoms with Crippen LogP contribution in [0.5, 0.6) is 0 Å². The molecule has 0 saturated carbocycles. The van der Waals surface area contributed by atoms with Crippen molar-refractivity contribution in [2.24, 2.45) is 0 Å². The summed E-state index contributed by atoms with van der Waals surface area (Å²) in [5, 5.41) is 0. The Morgan fingerprint density at radius 3 is 2.94 bits per heavy atom. The third kappa shape index (κ3) is 2.07. The van der Waals surface area contributed by atoms with Crippen LogP contribution >= 0.6 is 0 Å². The lowest BCUT2D eigenvalue weighted by molar-refractivity contribution is 0.275. The number of benzene rings is 1. The standard InChI is InChI=1S/C14H14FN3/c15-12-4-10(5-17-6-12)7-18-8-11-2-1-3-14(16)13(11)9-18/h1-6H,7-9,16H2. The van der Waals surface area contributed by atoms with E-state index in [2.05, 4.69) is 16.0 Å². The molecule has 0 unspecified atom stereocenters. The number of aromatic nitrogens is 1. The summed E-state index contributed by atoms with van der Waals surface area (Å²) >= 11 is 0. The zero-order valence-corrected chi connectivity index (χ0v) is 9.94. The highest BCUT2D eigenvalue weighted by molar-refractivity contribution is 5.52. The fourth-order valence-corrected chi connectivity index (χ4v) is 2.43. The number of nitrogens with zero attached hydrogens (tertiary/aromatic N) is 2. The van der Waals surface area contributed by atoms with Gasteiger partial charge in [-0.25, -0.2) is 4.39 Å². The minimum Gasteiger partial charge on any atom is -0.398 e. The first-order chi connectivity index (χ1) is 8.72. The van der Waals surface area contributed by atoms with Gasteiger partial charge >= 0.3 is 0 Å². The normalized spacial score (nSPS) is 14.7. The largest absolute Gasteiger partial charge is 0.398 e. The van der Waals surface area contributed by atoms with E-state index in [1.807, 2.05) is 12.1 Å². The van der Waals surface area contributed by atoms with Gasteiger partial charge in [0.25, 0.3) is 0 Å². The fourth-order valence-electron chi connectivity index (χ4n) is 2.43. The van der Waals surface area contributed by atoms with Crippen LogP contribution in [-0.2, 0) is 19.6 Å². The van der Waals surface area contributed by atoms with Crippen LogP contribution in [0.25, 0.3) is 0 Å². The van der Waals surface area contributed by atoms with Gasteiger partial charge in [-0.3, -0.25) is 9.88 Å². The van der Waals surface area contributed by atoms with Crippen LogP contribution in [0.15, 0.2) is 36.7 Å². The summed E-state index contributed by atoms with van der Waals surface area (Å²) < 4.78 is 13.1. The summed E-state index contributed by atoms with van der Waals surface area (Å²) in [5.74, 6) is -0.288. The minimum absolute atomic E-state index is 0.288. The smallest absolute Gasteiger partial charge is 0.141 e. The molecule has 0 amide bonds. The number of hydrogen-bond acceptors (Lipinski definition) is 3. The summed E-state index contributed by atoms with van der Waals surface area (Å²) in [5.41, 5.74) is 10.1. The van der Waals surface area contributed by atoms with Gasteiger partial charge in [0.2, 0.25) is 0 Å². The Kier molecular flexibility index (Phi) is 2.72. The zero-order chi connectivity index (χ0) is 12.5. The van der Waals surface area contributed by atoms with Gasteiger partial charge in [-0.05, 0) is 28.8 Å². The predicted octanol–water partition coefficient (Wildman–Crippen LogP) is 2.32. The quantitative estimate of drug-likeness (QED) is 0.823. The van der Waals surface area contributed by atoms with E-state index in [0.717, 1.165) is 24.3 Å². The molecule has 0 atom stereocenters. The van der Waals surface area contributed by atoms with Crippen LogP contribution in [0, 0.1) is 5.82 Å². The molecule has 0 bridgehead atoms. The lowest BCUT2D eigenvalue weighted by atomic mass is 10.1. The Labute approximate surface area is 105 Å². The SMILES string of the molecule is Nc1cccc2c1CN(Cc1cncc(F)c1)C2. The van der Waals surface area contributed by atoms with Crippen molar-refractivity contribution in [3.8, 4) is 0 Å². The summed E-state index contributed by atoms with van der Waals surface area (Å²) in [6.45, 7) is 2.37. The molecule has 2 N–H and O–H groups in total. The van der Waals surface area contributed by atoms with Gasteiger partial charge in [-0.2, -0.15) is 0 Å². The Morgan fingerprint density at radius 1 is 1.28 bits per heavy atom. The van der Waals surface area contributed by atoms with Crippen LogP contribution in [0.4, 0.5) is 10.1 Å². The van der Waals surface area contributed by atoms with E-state index in [4.69, 9.17) is 5.73 Å². The molecule has 0 radical (unpaired) electrons. The van der Waals surface area contributed by atoms with Crippen LogP contribution in [0.3, 0.4) is 0 Å². The minimum atomic E-state index is -0.288. The van der Waals surface area contributed by atoms with E-state index in [9.17, 15) is 4.39 Å². The first kappa shape index (κ1) is 11.2. The average Bonchev–Trinajstić information content (AvgIpc) is 2.73. The molecule has 0 spiro atoms. The van der Waals surface area contributed by atoms with Gasteiger partial charge < -0.3 is 5.73 Å². The Balaban J connectivity index is 1.77. The monoisotopic (exact) mass is 243 g/mol. The van der Waals surface area contributed by atoms with Crippen molar-refractivity contribution in [1.82, 2.24) is 9.88 Å². The molecule has 2 aromatic rings. The highest BCUT2D eigenvalue weighted by Crippen LogP contribution is 2.28. The molecule has 92 valence electrons. The van der Waals surface area contributed by atoms with Crippen molar-refractivity contribution in [1.29, 1.82) is 0 Å². The zero-order valence-electron chi connectivity index (χ0n) is 9.94. The van der Waals surface area contributed by atoms with Gasteiger partial charge in [0.05, 0.1) is 6.20 Å². The van der Waals surface area contributed by atoms with E-state index in [0.29, 0.717) is 6.54 Å². The molecule has 4 heteroatoms. The molecular formula is C14H14FN3. The van der Waals surface area contributed by atoms with Crippen molar-refractivity contribution in [3.05, 3.63) is 59.2 Å². The molecule has 3 nitrogen and oxygen atoms in total. The summed E-state index contributed by atoms with van der Waals surface area (Å²) in [4.78, 5) is 6.10. The maximum Gasteiger partial charge on any atom is 0.141 e. The highest BCUT2D eigenvalue weighted by Gasteiger charge is 2.20. The molecule has 0 fully saturated rings. The van der Waals surface area contributed by atoms with E-state index in [-0.39, 0.29) is 5.82 Å². The van der Waals surface area contributed by atoms with E-state index in [1.165, 1.54) is 23.4 Å². The second-order valence-corrected chi connectivity index (χ2v) is 4.64. The average molecular weight is 243 g/mol. The fraction of sp³-hybridized carbons (Fsp3) is 0.214. The first-order valence-electron chi connectivity index (χ1n) is 5.90. The van der Waals surface area contributed by atoms with Crippen LogP contribution in [0.2, 0.25) is 0 Å². The first-order valence-corrected chi connectivity index (χ1v) is 5.90. The molecule has 0 aliphatic carbocycles. The molecule has 1 aromatic carbocycles. The Morgan fingerprint density at radius 2 is 2.17 bits per heavy atom. The van der Waals surface area contributed by atoms with Crippen LogP contribution in [0.1, 0.15) is 16.7 Å². The number of pyridine rings is 1. The van der Waals surface area contributed by atoms with Crippen molar-refractivity contribution < 1.29 is 4.39 Å². The molecule has 1 aliphatic heterocycles. The topological polar surface area (TPSA) is 42.1 Å². The molecule has 3 rings (SSSR count). The van der Waals surface area contributed by atoms with Crippen molar-refractivity contribution in [2.75, 3.05) is 5.73 Å². The van der Waals surface area contributed by atoms with Crippen LogP contribution in [-0.4, -0.2) is 9.88 Å². The predicted molar refractivity (Wildman–Crippen MR) is 68.0 cm³/mol. The highest BCUT2D eigenvalue weighted by atomic mass is 19.1. The van der Waals surface area contributed by atoms with Gasteiger partial charge in [-0.1, -0.05) is 12.1 Å². The summed E-state index contributed by atoms with van der Waals surface area (Å²) in [6.07, 6.45) is 2.93. The van der Waals surface area contributed by atoms with Crippen molar-refractivity contribution in [3.63, 3.8) is 0 Å². The van der Waals surface area contributed by atoms with Gasteiger partial charge in [-0.15, -0.1) is 0 Å². The number of halogens is 1. The third-order valence-corrected chi connectivity index (χ3v) is 3.25. The maximum absolute atomic E-state index is 13.1. The van der Waals surface area contributed by atoms with E-state index >= 15 is 0 Å². The second kappa shape index (κ2) is 4.38. The maximum atomic E-state index is 13.1. The van der Waals surface area contributed by atoms with Gasteiger partial charge in [0.1, 0.15) is 5.82 Å². The summed E-state index contributed by atoms with van der Waals surface area (Å²) in [6, 6.07) is 7.52. The summed E-state index contributed by atoms with van der Waals surface area (Å²) in [7, 11) is 0. The molecular weight excluding hydrogens is 229 g/mol. The Hall–Kier alpha value is -1.94. The Bertz CT molecular complexity index is 583. The lowest BCUT2D eigenvalue weighted by Gasteiger charge is -2.14. The number of nitrogen functional groups attached to an aromatic ring is 1. The molecule has 18 heavy (non-hydrogen) atoms. The number of anilines is 1. The molecule has 0 saturated heterocycles. The van der Waals surface area contributed by atoms with Crippen molar-refractivity contribution in [2.45, 2.75) is 19.6 Å². The molecule has 1 aromatic heterocycles. The number of nitrogens with two attached hydrogens (primary N) is 1. The molecule has 1 aliphatic rings. The number of rotatable bonds is 2. The molecule has 2 heterocycles. The van der Waals surface area contributed by atoms with Crippen molar-refractivity contribution >= 4 is 5.69 Å². The third-order valence-electron chi connectivity index (χ3n) is 3.25. The van der Waals surface area contributed by atoms with Crippen LogP contribution < -0.4 is 5.73 Å². The number of hydrogen-bond donors (Lipinski definition) is 1. The van der Waals surface area contributed by atoms with Gasteiger partial charge in [0, 0.05) is 31.5 Å². The van der Waals surface area contributed by atoms with Gasteiger partial charge in [0.15, 0.2) is 0 Å². The second-order valence-electron chi connectivity index (χ2n) is 4.64. The van der Waals surface area contributed by atoms with E-state index in [1.54, 1.807) is 6.20 Å². The number of fused-ring (bicyclic) bond motifs is 1. The van der Waals surface area contributed by atoms with E-state index < -0.39 is 0 Å².